The van der Waals surface area contributed by atoms with Crippen LogP contribution in [0.1, 0.15) is 24.8 Å². The molecule has 1 aromatic rings. The number of hydrogen-bond acceptors (Lipinski definition) is 5. The number of ether oxygens (including phenoxy) is 2. The number of ketones is 1. The zero-order valence-electron chi connectivity index (χ0n) is 13.9. The molecule has 3 rings (SSSR count). The van der Waals surface area contributed by atoms with Gasteiger partial charge in [-0.05, 0) is 18.9 Å². The van der Waals surface area contributed by atoms with Gasteiger partial charge in [-0.15, -0.1) is 0 Å². The molecule has 0 aromatic heterocycles. The predicted octanol–water partition coefficient (Wildman–Crippen LogP) is 2.14. The molecule has 5 nitrogen and oxygen atoms in total. The average molecular weight is 329 g/mol. The topological polar surface area (TPSA) is 55.8 Å². The number of allylic oxidation sites excluding steroid dienone is 2. The van der Waals surface area contributed by atoms with Crippen LogP contribution in [-0.2, 0) is 19.1 Å². The largest absolute Gasteiger partial charge is 0.465 e. The van der Waals surface area contributed by atoms with Gasteiger partial charge < -0.3 is 14.4 Å². The van der Waals surface area contributed by atoms with Crippen molar-refractivity contribution in [1.29, 1.82) is 0 Å². The predicted molar refractivity (Wildman–Crippen MR) is 89.4 cm³/mol. The average Bonchev–Trinajstić information content (AvgIpc) is 2.62. The van der Waals surface area contributed by atoms with Crippen LogP contribution in [0, 0.1) is 5.92 Å². The zero-order chi connectivity index (χ0) is 16.9. The molecule has 1 aromatic carbocycles. The molecule has 1 aliphatic carbocycles. The smallest absolute Gasteiger partial charge is 0.317 e. The van der Waals surface area contributed by atoms with Crippen molar-refractivity contribution in [2.75, 3.05) is 32.9 Å². The minimum Gasteiger partial charge on any atom is -0.465 e. The maximum absolute atomic E-state index is 12.7. The molecule has 0 bridgehead atoms. The molecule has 5 heteroatoms. The fraction of sp³-hybridized carbons (Fsp3) is 0.474. The second-order valence-electron chi connectivity index (χ2n) is 6.09. The van der Waals surface area contributed by atoms with Gasteiger partial charge in [0, 0.05) is 30.8 Å². The Kier molecular flexibility index (Phi) is 5.30. The summed E-state index contributed by atoms with van der Waals surface area (Å²) in [5, 5.41) is 0. The lowest BCUT2D eigenvalue weighted by atomic mass is 9.76. The van der Waals surface area contributed by atoms with Gasteiger partial charge in [-0.2, -0.15) is 0 Å². The van der Waals surface area contributed by atoms with Gasteiger partial charge in [0.15, 0.2) is 5.78 Å². The second kappa shape index (κ2) is 7.62. The number of nitrogens with zero attached hydrogens (tertiary/aromatic N) is 1. The molecular formula is C19H23NO4. The van der Waals surface area contributed by atoms with Crippen molar-refractivity contribution in [3.8, 4) is 0 Å². The van der Waals surface area contributed by atoms with Crippen LogP contribution in [0.15, 0.2) is 42.1 Å². The molecule has 2 atom stereocenters. The first-order valence-corrected chi connectivity index (χ1v) is 8.49. The van der Waals surface area contributed by atoms with Gasteiger partial charge in [0.25, 0.3) is 0 Å². The fourth-order valence-corrected chi connectivity index (χ4v) is 3.45. The first-order valence-electron chi connectivity index (χ1n) is 8.49. The van der Waals surface area contributed by atoms with Gasteiger partial charge in [0.05, 0.1) is 19.8 Å². The van der Waals surface area contributed by atoms with E-state index in [0.29, 0.717) is 19.6 Å². The molecular weight excluding hydrogens is 306 g/mol. The quantitative estimate of drug-likeness (QED) is 0.626. The van der Waals surface area contributed by atoms with Gasteiger partial charge in [-0.3, -0.25) is 9.59 Å². The maximum atomic E-state index is 12.7. The van der Waals surface area contributed by atoms with E-state index in [2.05, 4.69) is 4.90 Å². The minimum absolute atomic E-state index is 0.157. The first-order chi connectivity index (χ1) is 11.7. The van der Waals surface area contributed by atoms with E-state index < -0.39 is 11.9 Å². The molecule has 1 aliphatic heterocycles. The van der Waals surface area contributed by atoms with Crippen molar-refractivity contribution in [3.63, 3.8) is 0 Å². The summed E-state index contributed by atoms with van der Waals surface area (Å²) < 4.78 is 10.6. The van der Waals surface area contributed by atoms with Crippen LogP contribution >= 0.6 is 0 Å². The first kappa shape index (κ1) is 16.7. The maximum Gasteiger partial charge on any atom is 0.317 e. The molecule has 1 saturated heterocycles. The number of morpholine rings is 1. The molecule has 0 radical (unpaired) electrons. The number of benzene rings is 1. The van der Waals surface area contributed by atoms with Crippen molar-refractivity contribution in [2.45, 2.75) is 19.3 Å². The van der Waals surface area contributed by atoms with Crippen LogP contribution in [-0.4, -0.2) is 49.6 Å². The third-order valence-electron chi connectivity index (χ3n) is 4.63. The Bertz CT molecular complexity index is 620. The molecule has 0 N–H and O–H groups in total. The Morgan fingerprint density at radius 3 is 2.62 bits per heavy atom. The molecule has 1 heterocycles. The molecule has 128 valence electrons. The van der Waals surface area contributed by atoms with Gasteiger partial charge >= 0.3 is 5.97 Å². The summed E-state index contributed by atoms with van der Waals surface area (Å²) in [6.45, 7) is 4.95. The highest BCUT2D eigenvalue weighted by Crippen LogP contribution is 2.38. The third-order valence-corrected chi connectivity index (χ3v) is 4.63. The summed E-state index contributed by atoms with van der Waals surface area (Å²) in [6.07, 6.45) is 2.30. The summed E-state index contributed by atoms with van der Waals surface area (Å²) in [6, 6.07) is 9.77. The summed E-state index contributed by atoms with van der Waals surface area (Å²) in [5.41, 5.74) is 2.00. The van der Waals surface area contributed by atoms with Crippen LogP contribution < -0.4 is 0 Å². The highest BCUT2D eigenvalue weighted by molar-refractivity contribution is 6.07. The summed E-state index contributed by atoms with van der Waals surface area (Å²) in [5.74, 6) is -1.51. The summed E-state index contributed by atoms with van der Waals surface area (Å²) in [7, 11) is 0. The molecule has 0 saturated carbocycles. The van der Waals surface area contributed by atoms with E-state index in [0.717, 1.165) is 24.4 Å². The van der Waals surface area contributed by atoms with E-state index in [9.17, 15) is 9.59 Å². The van der Waals surface area contributed by atoms with Crippen LogP contribution in [0.5, 0.6) is 0 Å². The molecule has 0 unspecified atom stereocenters. The van der Waals surface area contributed by atoms with Crippen molar-refractivity contribution in [1.82, 2.24) is 4.90 Å². The van der Waals surface area contributed by atoms with Crippen LogP contribution in [0.3, 0.4) is 0 Å². The normalized spacial score (nSPS) is 24.5. The van der Waals surface area contributed by atoms with Crippen molar-refractivity contribution >= 4 is 11.8 Å². The van der Waals surface area contributed by atoms with E-state index >= 15 is 0 Å². The van der Waals surface area contributed by atoms with Crippen molar-refractivity contribution in [3.05, 3.63) is 47.7 Å². The second-order valence-corrected chi connectivity index (χ2v) is 6.09. The van der Waals surface area contributed by atoms with Crippen LogP contribution in [0.25, 0.3) is 0 Å². The van der Waals surface area contributed by atoms with Gasteiger partial charge in [-0.1, -0.05) is 30.3 Å². The Morgan fingerprint density at radius 2 is 1.96 bits per heavy atom. The van der Waals surface area contributed by atoms with Gasteiger partial charge in [-0.25, -0.2) is 0 Å². The number of carbonyl (C=O) groups excluding carboxylic acids is 2. The number of carbonyl (C=O) groups is 2. The lowest BCUT2D eigenvalue weighted by Crippen LogP contribution is -2.41. The highest BCUT2D eigenvalue weighted by Gasteiger charge is 2.40. The molecule has 24 heavy (non-hydrogen) atoms. The Morgan fingerprint density at radius 1 is 1.25 bits per heavy atom. The Labute approximate surface area is 142 Å². The number of esters is 1. The summed E-state index contributed by atoms with van der Waals surface area (Å²) >= 11 is 0. The highest BCUT2D eigenvalue weighted by atomic mass is 16.5. The summed E-state index contributed by atoms with van der Waals surface area (Å²) in [4.78, 5) is 27.3. The van der Waals surface area contributed by atoms with E-state index in [1.54, 1.807) is 13.0 Å². The third kappa shape index (κ3) is 3.51. The lowest BCUT2D eigenvalue weighted by molar-refractivity contribution is -0.152. The molecule has 2 aliphatic rings. The van der Waals surface area contributed by atoms with Crippen molar-refractivity contribution < 1.29 is 19.1 Å². The molecule has 0 spiro atoms. The Hall–Kier alpha value is -2.14. The van der Waals surface area contributed by atoms with Crippen LogP contribution in [0.4, 0.5) is 0 Å². The SMILES string of the molecule is CCOC(=O)[C@H]1C(=O)C=C(N2CCOCC2)C[C@H]1c1ccccc1. The molecule has 1 fully saturated rings. The Balaban J connectivity index is 1.91. The van der Waals surface area contributed by atoms with E-state index in [-0.39, 0.29) is 18.3 Å². The standard InChI is InChI=1S/C19H23NO4/c1-2-24-19(22)18-16(14-6-4-3-5-7-14)12-15(13-17(18)21)20-8-10-23-11-9-20/h3-7,13,16,18H,2,8-12H2,1H3/t16-,18+/m0/s1. The monoisotopic (exact) mass is 329 g/mol. The van der Waals surface area contributed by atoms with Crippen molar-refractivity contribution in [2.24, 2.45) is 5.92 Å². The fourth-order valence-electron chi connectivity index (χ4n) is 3.45. The lowest BCUT2D eigenvalue weighted by Gasteiger charge is -2.37. The zero-order valence-corrected chi connectivity index (χ0v) is 13.9. The van der Waals surface area contributed by atoms with E-state index in [1.165, 1.54) is 0 Å². The van der Waals surface area contributed by atoms with E-state index in [4.69, 9.17) is 9.47 Å². The van der Waals surface area contributed by atoms with Gasteiger partial charge in [0.1, 0.15) is 5.92 Å². The van der Waals surface area contributed by atoms with Crippen LogP contribution in [0.2, 0.25) is 0 Å². The minimum atomic E-state index is -0.753. The number of rotatable bonds is 4. The van der Waals surface area contributed by atoms with E-state index in [1.807, 2.05) is 30.3 Å². The van der Waals surface area contributed by atoms with Gasteiger partial charge in [0.2, 0.25) is 0 Å². The number of hydrogen-bond donors (Lipinski definition) is 0. The molecule has 0 amide bonds.